The second-order valence-electron chi connectivity index (χ2n) is 4.98. The van der Waals surface area contributed by atoms with Crippen molar-refractivity contribution in [2.45, 2.75) is 32.3 Å². The molecule has 0 amide bonds. The zero-order chi connectivity index (χ0) is 12.9. The molecular weight excluding hydrogens is 214 g/mol. The van der Waals surface area contributed by atoms with Gasteiger partial charge < -0.3 is 9.84 Å². The number of ether oxygens (including phenoxy) is 1. The van der Waals surface area contributed by atoms with Gasteiger partial charge in [-0.05, 0) is 16.5 Å². The molecule has 0 radical (unpaired) electrons. The largest absolute Gasteiger partial charge is 0.394 e. The van der Waals surface area contributed by atoms with Gasteiger partial charge in [0, 0.05) is 0 Å². The van der Waals surface area contributed by atoms with Gasteiger partial charge in [0.05, 0.1) is 19.3 Å². The fourth-order valence-corrected chi connectivity index (χ4v) is 1.54. The normalized spacial score (nSPS) is 13.1. The number of rotatable bonds is 4. The third kappa shape index (κ3) is 3.85. The SMILES string of the molecule is CC(C)(C)c1ccc(C(C#N)OCCO)cc1. The molecule has 0 aromatic heterocycles. The van der Waals surface area contributed by atoms with E-state index in [-0.39, 0.29) is 18.6 Å². The second-order valence-corrected chi connectivity index (χ2v) is 4.98. The summed E-state index contributed by atoms with van der Waals surface area (Å²) in [5, 5.41) is 17.7. The van der Waals surface area contributed by atoms with E-state index in [0.29, 0.717) is 0 Å². The van der Waals surface area contributed by atoms with Gasteiger partial charge in [0.1, 0.15) is 0 Å². The Morgan fingerprint density at radius 3 is 2.29 bits per heavy atom. The van der Waals surface area contributed by atoms with Gasteiger partial charge in [-0.3, -0.25) is 0 Å². The monoisotopic (exact) mass is 233 g/mol. The lowest BCUT2D eigenvalue weighted by Gasteiger charge is -2.19. The first-order valence-electron chi connectivity index (χ1n) is 5.71. The molecule has 0 aliphatic rings. The average molecular weight is 233 g/mol. The van der Waals surface area contributed by atoms with Crippen molar-refractivity contribution in [1.29, 1.82) is 5.26 Å². The summed E-state index contributed by atoms with van der Waals surface area (Å²) < 4.78 is 5.24. The summed E-state index contributed by atoms with van der Waals surface area (Å²) in [6, 6.07) is 9.93. The van der Waals surface area contributed by atoms with E-state index < -0.39 is 6.10 Å². The van der Waals surface area contributed by atoms with E-state index in [0.717, 1.165) is 5.56 Å². The lowest BCUT2D eigenvalue weighted by molar-refractivity contribution is 0.0581. The van der Waals surface area contributed by atoms with E-state index in [1.54, 1.807) is 0 Å². The third-order valence-corrected chi connectivity index (χ3v) is 2.57. The molecule has 3 heteroatoms. The molecule has 0 aliphatic heterocycles. The van der Waals surface area contributed by atoms with Crippen LogP contribution in [-0.2, 0) is 10.2 Å². The number of hydrogen-bond donors (Lipinski definition) is 1. The average Bonchev–Trinajstić information content (AvgIpc) is 2.29. The van der Waals surface area contributed by atoms with Crippen LogP contribution >= 0.6 is 0 Å². The van der Waals surface area contributed by atoms with Crippen LogP contribution in [0.5, 0.6) is 0 Å². The number of benzene rings is 1. The fourth-order valence-electron chi connectivity index (χ4n) is 1.54. The first kappa shape index (κ1) is 13.7. The van der Waals surface area contributed by atoms with Crippen molar-refractivity contribution in [2.24, 2.45) is 0 Å². The summed E-state index contributed by atoms with van der Waals surface area (Å²) in [6.45, 7) is 6.54. The van der Waals surface area contributed by atoms with Gasteiger partial charge in [-0.15, -0.1) is 0 Å². The van der Waals surface area contributed by atoms with Crippen LogP contribution < -0.4 is 0 Å². The molecule has 0 heterocycles. The minimum Gasteiger partial charge on any atom is -0.394 e. The first-order chi connectivity index (χ1) is 7.99. The standard InChI is InChI=1S/C14H19NO2/c1-14(2,3)12-6-4-11(5-7-12)13(10-15)17-9-8-16/h4-7,13,16H,8-9H2,1-3H3. The van der Waals surface area contributed by atoms with Crippen LogP contribution in [0.1, 0.15) is 38.0 Å². The topological polar surface area (TPSA) is 53.2 Å². The summed E-state index contributed by atoms with van der Waals surface area (Å²) in [7, 11) is 0. The van der Waals surface area contributed by atoms with Crippen molar-refractivity contribution in [1.82, 2.24) is 0 Å². The number of aliphatic hydroxyl groups excluding tert-OH is 1. The van der Waals surface area contributed by atoms with Crippen molar-refractivity contribution < 1.29 is 9.84 Å². The van der Waals surface area contributed by atoms with Crippen molar-refractivity contribution in [3.63, 3.8) is 0 Å². The molecule has 1 atom stereocenters. The molecule has 0 saturated carbocycles. The van der Waals surface area contributed by atoms with Crippen molar-refractivity contribution in [3.05, 3.63) is 35.4 Å². The minimum atomic E-state index is -0.601. The summed E-state index contributed by atoms with van der Waals surface area (Å²) in [5.41, 5.74) is 2.15. The highest BCUT2D eigenvalue weighted by atomic mass is 16.5. The molecule has 17 heavy (non-hydrogen) atoms. The molecule has 1 N–H and O–H groups in total. The number of nitriles is 1. The van der Waals surface area contributed by atoms with Crippen LogP contribution in [0.15, 0.2) is 24.3 Å². The maximum Gasteiger partial charge on any atom is 0.169 e. The highest BCUT2D eigenvalue weighted by Gasteiger charge is 2.15. The predicted molar refractivity (Wildman–Crippen MR) is 66.5 cm³/mol. The maximum atomic E-state index is 8.98. The quantitative estimate of drug-likeness (QED) is 0.869. The highest BCUT2D eigenvalue weighted by molar-refractivity contribution is 5.30. The lowest BCUT2D eigenvalue weighted by atomic mass is 9.86. The van der Waals surface area contributed by atoms with E-state index in [2.05, 4.69) is 26.8 Å². The van der Waals surface area contributed by atoms with Crippen molar-refractivity contribution >= 4 is 0 Å². The van der Waals surface area contributed by atoms with E-state index >= 15 is 0 Å². The molecule has 0 bridgehead atoms. The Kier molecular flexibility index (Phi) is 4.68. The van der Waals surface area contributed by atoms with Gasteiger partial charge in [-0.25, -0.2) is 0 Å². The number of aliphatic hydroxyl groups is 1. The Hall–Kier alpha value is -1.37. The van der Waals surface area contributed by atoms with E-state index in [4.69, 9.17) is 15.1 Å². The lowest BCUT2D eigenvalue weighted by Crippen LogP contribution is -2.11. The number of nitrogens with zero attached hydrogens (tertiary/aromatic N) is 1. The van der Waals surface area contributed by atoms with E-state index in [9.17, 15) is 0 Å². The highest BCUT2D eigenvalue weighted by Crippen LogP contribution is 2.24. The van der Waals surface area contributed by atoms with Gasteiger partial charge in [0.15, 0.2) is 6.10 Å². The Bertz CT molecular complexity index is 384. The Morgan fingerprint density at radius 1 is 1.29 bits per heavy atom. The molecule has 0 spiro atoms. The van der Waals surface area contributed by atoms with E-state index in [1.165, 1.54) is 5.56 Å². The first-order valence-corrected chi connectivity index (χ1v) is 5.71. The molecular formula is C14H19NO2. The molecule has 1 aromatic rings. The molecule has 92 valence electrons. The van der Waals surface area contributed by atoms with Gasteiger partial charge in [-0.1, -0.05) is 45.0 Å². The molecule has 1 rings (SSSR count). The van der Waals surface area contributed by atoms with Crippen LogP contribution in [0.4, 0.5) is 0 Å². The summed E-state index contributed by atoms with van der Waals surface area (Å²) in [6.07, 6.45) is -0.601. The summed E-state index contributed by atoms with van der Waals surface area (Å²) in [4.78, 5) is 0. The smallest absolute Gasteiger partial charge is 0.169 e. The molecule has 3 nitrogen and oxygen atoms in total. The van der Waals surface area contributed by atoms with Crippen LogP contribution in [0.25, 0.3) is 0 Å². The van der Waals surface area contributed by atoms with Crippen LogP contribution in [-0.4, -0.2) is 18.3 Å². The molecule has 0 saturated heterocycles. The summed E-state index contributed by atoms with van der Waals surface area (Å²) in [5.74, 6) is 0. The van der Waals surface area contributed by atoms with Crippen LogP contribution in [0.2, 0.25) is 0 Å². The number of hydrogen-bond acceptors (Lipinski definition) is 3. The van der Waals surface area contributed by atoms with Crippen molar-refractivity contribution in [2.75, 3.05) is 13.2 Å². The molecule has 1 aromatic carbocycles. The fraction of sp³-hybridized carbons (Fsp3) is 0.500. The maximum absolute atomic E-state index is 8.98. The van der Waals surface area contributed by atoms with Crippen LogP contribution in [0.3, 0.4) is 0 Å². The Labute approximate surface area is 103 Å². The van der Waals surface area contributed by atoms with Crippen molar-refractivity contribution in [3.8, 4) is 6.07 Å². The third-order valence-electron chi connectivity index (χ3n) is 2.57. The van der Waals surface area contributed by atoms with Gasteiger partial charge in [0.25, 0.3) is 0 Å². The Morgan fingerprint density at radius 2 is 1.88 bits per heavy atom. The van der Waals surface area contributed by atoms with Gasteiger partial charge >= 0.3 is 0 Å². The zero-order valence-electron chi connectivity index (χ0n) is 10.6. The van der Waals surface area contributed by atoms with Crippen LogP contribution in [0, 0.1) is 11.3 Å². The zero-order valence-corrected chi connectivity index (χ0v) is 10.6. The minimum absolute atomic E-state index is 0.0712. The van der Waals surface area contributed by atoms with Gasteiger partial charge in [0.2, 0.25) is 0 Å². The second kappa shape index (κ2) is 5.81. The Balaban J connectivity index is 2.83. The summed E-state index contributed by atoms with van der Waals surface area (Å²) >= 11 is 0. The molecule has 0 fully saturated rings. The predicted octanol–water partition coefficient (Wildman–Crippen LogP) is 2.56. The molecule has 0 aliphatic carbocycles. The molecule has 1 unspecified atom stereocenters. The van der Waals surface area contributed by atoms with E-state index in [1.807, 2.05) is 24.3 Å². The van der Waals surface area contributed by atoms with Gasteiger partial charge in [-0.2, -0.15) is 5.26 Å².